The lowest BCUT2D eigenvalue weighted by molar-refractivity contribution is -0.132. The quantitative estimate of drug-likeness (QED) is 0.864. The predicted molar refractivity (Wildman–Crippen MR) is 84.9 cm³/mol. The fraction of sp³-hybridized carbons (Fsp3) is 0.941. The van der Waals surface area contributed by atoms with Gasteiger partial charge in [0.2, 0.25) is 5.91 Å². The Morgan fingerprint density at radius 1 is 1.00 bits per heavy atom. The van der Waals surface area contributed by atoms with E-state index in [1.54, 1.807) is 0 Å². The van der Waals surface area contributed by atoms with Crippen molar-refractivity contribution in [2.45, 2.75) is 63.5 Å². The zero-order chi connectivity index (χ0) is 14.8. The summed E-state index contributed by atoms with van der Waals surface area (Å²) in [6.45, 7) is 2.76. The van der Waals surface area contributed by atoms with Crippen LogP contribution in [0.15, 0.2) is 0 Å². The van der Waals surface area contributed by atoms with Crippen LogP contribution in [-0.2, 0) is 4.79 Å². The fourth-order valence-corrected chi connectivity index (χ4v) is 4.58. The maximum atomic E-state index is 12.6. The van der Waals surface area contributed by atoms with E-state index in [4.69, 9.17) is 5.73 Å². The summed E-state index contributed by atoms with van der Waals surface area (Å²) in [4.78, 5) is 17.3. The average molecular weight is 293 g/mol. The standard InChI is InChI=1S/C17H31N3O/c1-19-15-6-7-16(19)12-20(9-8-15)17(21)10-13-2-4-14(11-18)5-3-13/h13-16H,2-12,18H2,1H3. The number of hydrogen-bond donors (Lipinski definition) is 1. The van der Waals surface area contributed by atoms with E-state index < -0.39 is 0 Å². The Balaban J connectivity index is 1.49. The molecule has 1 amide bonds. The molecule has 2 atom stereocenters. The smallest absolute Gasteiger partial charge is 0.222 e. The van der Waals surface area contributed by atoms with Crippen LogP contribution < -0.4 is 5.73 Å². The van der Waals surface area contributed by atoms with Crippen LogP contribution in [0, 0.1) is 11.8 Å². The van der Waals surface area contributed by atoms with Gasteiger partial charge in [0.15, 0.2) is 0 Å². The molecule has 1 saturated carbocycles. The second-order valence-electron chi connectivity index (χ2n) is 7.51. The molecule has 4 nitrogen and oxygen atoms in total. The van der Waals surface area contributed by atoms with Crippen LogP contribution in [0.3, 0.4) is 0 Å². The molecule has 1 aliphatic carbocycles. The van der Waals surface area contributed by atoms with Crippen LogP contribution >= 0.6 is 0 Å². The Hall–Kier alpha value is -0.610. The van der Waals surface area contributed by atoms with Crippen molar-refractivity contribution in [2.75, 3.05) is 26.7 Å². The van der Waals surface area contributed by atoms with Gasteiger partial charge < -0.3 is 10.6 Å². The molecule has 0 aromatic heterocycles. The lowest BCUT2D eigenvalue weighted by Gasteiger charge is -2.30. The van der Waals surface area contributed by atoms with Crippen molar-refractivity contribution in [1.29, 1.82) is 0 Å². The molecule has 2 N–H and O–H groups in total. The molecule has 21 heavy (non-hydrogen) atoms. The number of amides is 1. The highest BCUT2D eigenvalue weighted by Gasteiger charge is 2.36. The van der Waals surface area contributed by atoms with Gasteiger partial charge in [-0.2, -0.15) is 0 Å². The molecule has 2 aliphatic heterocycles. The summed E-state index contributed by atoms with van der Waals surface area (Å²) in [5.74, 6) is 1.73. The summed E-state index contributed by atoms with van der Waals surface area (Å²) in [6.07, 6.45) is 9.39. The van der Waals surface area contributed by atoms with Crippen molar-refractivity contribution in [1.82, 2.24) is 9.80 Å². The maximum Gasteiger partial charge on any atom is 0.222 e. The van der Waals surface area contributed by atoms with Crippen molar-refractivity contribution in [2.24, 2.45) is 17.6 Å². The molecular formula is C17H31N3O. The molecule has 3 fully saturated rings. The van der Waals surface area contributed by atoms with Gasteiger partial charge >= 0.3 is 0 Å². The Labute approximate surface area is 129 Å². The van der Waals surface area contributed by atoms with Crippen molar-refractivity contribution in [3.8, 4) is 0 Å². The first-order valence-electron chi connectivity index (χ1n) is 8.87. The van der Waals surface area contributed by atoms with E-state index >= 15 is 0 Å². The number of nitrogens with zero attached hydrogens (tertiary/aromatic N) is 2. The van der Waals surface area contributed by atoms with Gasteiger partial charge in [-0.25, -0.2) is 0 Å². The molecule has 2 saturated heterocycles. The van der Waals surface area contributed by atoms with Crippen LogP contribution in [0.5, 0.6) is 0 Å². The van der Waals surface area contributed by atoms with E-state index in [1.165, 1.54) is 44.9 Å². The predicted octanol–water partition coefficient (Wildman–Crippen LogP) is 1.84. The van der Waals surface area contributed by atoms with Crippen LogP contribution in [0.1, 0.15) is 51.4 Å². The van der Waals surface area contributed by atoms with Gasteiger partial charge in [-0.05, 0) is 70.4 Å². The number of nitrogens with two attached hydrogens (primary N) is 1. The highest BCUT2D eigenvalue weighted by Crippen LogP contribution is 2.32. The molecule has 3 aliphatic rings. The largest absolute Gasteiger partial charge is 0.341 e. The van der Waals surface area contributed by atoms with Gasteiger partial charge in [-0.3, -0.25) is 9.69 Å². The second kappa shape index (κ2) is 6.66. The Morgan fingerprint density at radius 3 is 2.38 bits per heavy atom. The zero-order valence-electron chi connectivity index (χ0n) is 13.5. The highest BCUT2D eigenvalue weighted by atomic mass is 16.2. The third-order valence-electron chi connectivity index (χ3n) is 6.26. The highest BCUT2D eigenvalue weighted by molar-refractivity contribution is 5.76. The van der Waals surface area contributed by atoms with Gasteiger partial charge in [0.25, 0.3) is 0 Å². The molecule has 0 radical (unpaired) electrons. The van der Waals surface area contributed by atoms with Crippen LogP contribution in [0.25, 0.3) is 0 Å². The first-order chi connectivity index (χ1) is 10.2. The summed E-state index contributed by atoms with van der Waals surface area (Å²) in [5.41, 5.74) is 5.75. The minimum atomic E-state index is 0.409. The van der Waals surface area contributed by atoms with Gasteiger partial charge in [-0.1, -0.05) is 0 Å². The molecule has 2 bridgehead atoms. The number of likely N-dealkylation sites (tertiary alicyclic amines) is 1. The van der Waals surface area contributed by atoms with E-state index in [1.807, 2.05) is 0 Å². The Bertz CT molecular complexity index is 365. The third-order valence-corrected chi connectivity index (χ3v) is 6.26. The number of hydrogen-bond acceptors (Lipinski definition) is 3. The Morgan fingerprint density at radius 2 is 1.67 bits per heavy atom. The Kier molecular flexibility index (Phi) is 4.85. The van der Waals surface area contributed by atoms with Crippen molar-refractivity contribution in [3.63, 3.8) is 0 Å². The molecule has 3 rings (SSSR count). The van der Waals surface area contributed by atoms with Gasteiger partial charge in [0.1, 0.15) is 0 Å². The minimum absolute atomic E-state index is 0.409. The van der Waals surface area contributed by atoms with E-state index in [0.29, 0.717) is 29.8 Å². The van der Waals surface area contributed by atoms with Crippen molar-refractivity contribution in [3.05, 3.63) is 0 Å². The summed E-state index contributed by atoms with van der Waals surface area (Å²) < 4.78 is 0. The van der Waals surface area contributed by atoms with E-state index in [0.717, 1.165) is 26.1 Å². The number of carbonyl (C=O) groups excluding carboxylic acids is 1. The normalized spacial score (nSPS) is 37.5. The van der Waals surface area contributed by atoms with Gasteiger partial charge in [0.05, 0.1) is 0 Å². The lowest BCUT2D eigenvalue weighted by Crippen LogP contribution is -2.40. The monoisotopic (exact) mass is 293 g/mol. The van der Waals surface area contributed by atoms with Crippen LogP contribution in [0.4, 0.5) is 0 Å². The number of rotatable bonds is 3. The maximum absolute atomic E-state index is 12.6. The molecule has 2 unspecified atom stereocenters. The minimum Gasteiger partial charge on any atom is -0.341 e. The van der Waals surface area contributed by atoms with Crippen molar-refractivity contribution >= 4 is 5.91 Å². The molecule has 0 spiro atoms. The summed E-state index contributed by atoms with van der Waals surface area (Å²) in [5, 5.41) is 0. The van der Waals surface area contributed by atoms with Crippen LogP contribution in [0.2, 0.25) is 0 Å². The van der Waals surface area contributed by atoms with E-state index in [9.17, 15) is 4.79 Å². The lowest BCUT2D eigenvalue weighted by atomic mass is 9.80. The van der Waals surface area contributed by atoms with Crippen LogP contribution in [-0.4, -0.2) is 54.5 Å². The molecule has 0 aromatic rings. The topological polar surface area (TPSA) is 49.6 Å². The van der Waals surface area contributed by atoms with Gasteiger partial charge in [0, 0.05) is 31.6 Å². The molecule has 2 heterocycles. The number of likely N-dealkylation sites (N-methyl/N-ethyl adjacent to an activating group) is 1. The average Bonchev–Trinajstić information content (AvgIpc) is 2.72. The molecule has 120 valence electrons. The summed E-state index contributed by atoms with van der Waals surface area (Å²) in [6, 6.07) is 1.32. The number of fused-ring (bicyclic) bond motifs is 2. The van der Waals surface area contributed by atoms with Gasteiger partial charge in [-0.15, -0.1) is 0 Å². The molecule has 4 heteroatoms. The van der Waals surface area contributed by atoms with Crippen molar-refractivity contribution < 1.29 is 4.79 Å². The van der Waals surface area contributed by atoms with E-state index in [-0.39, 0.29) is 0 Å². The second-order valence-corrected chi connectivity index (χ2v) is 7.51. The van der Waals surface area contributed by atoms with E-state index in [2.05, 4.69) is 16.8 Å². The fourth-order valence-electron chi connectivity index (χ4n) is 4.58. The SMILES string of the molecule is CN1C2CCC1CN(C(=O)CC1CCC(CN)CC1)CC2. The molecule has 0 aromatic carbocycles. The first-order valence-corrected chi connectivity index (χ1v) is 8.87. The summed E-state index contributed by atoms with van der Waals surface area (Å²) >= 11 is 0. The zero-order valence-corrected chi connectivity index (χ0v) is 13.5. The first kappa shape index (κ1) is 15.3. The summed E-state index contributed by atoms with van der Waals surface area (Å²) in [7, 11) is 2.24. The third kappa shape index (κ3) is 3.42. The molecular weight excluding hydrogens is 262 g/mol. The number of carbonyl (C=O) groups is 1.